The van der Waals surface area contributed by atoms with E-state index in [1.165, 1.54) is 28.0 Å². The standard InChI is InChI=1S/C18H13ClN4O2S2/c1-10-21-22-17(26-10)20-18-23(2)16(24)15(27-18)9-11-7-8-14(25-11)12-5-3-4-6-13(12)19/h3-9H,1-2H3/b15-9+,20-18+. The van der Waals surface area contributed by atoms with Crippen molar-refractivity contribution >= 4 is 57.0 Å². The van der Waals surface area contributed by atoms with Gasteiger partial charge in [0.2, 0.25) is 5.13 Å². The average Bonchev–Trinajstić information content (AvgIpc) is 3.34. The largest absolute Gasteiger partial charge is 0.457 e. The van der Waals surface area contributed by atoms with Gasteiger partial charge in [0.05, 0.1) is 9.93 Å². The second kappa shape index (κ2) is 7.30. The van der Waals surface area contributed by atoms with Crippen LogP contribution in [-0.4, -0.2) is 33.2 Å². The summed E-state index contributed by atoms with van der Waals surface area (Å²) in [6.07, 6.45) is 1.71. The molecule has 1 aliphatic heterocycles. The molecule has 9 heteroatoms. The van der Waals surface area contributed by atoms with Gasteiger partial charge in [-0.3, -0.25) is 9.69 Å². The Morgan fingerprint density at radius 3 is 2.78 bits per heavy atom. The van der Waals surface area contributed by atoms with Crippen LogP contribution in [0, 0.1) is 6.92 Å². The number of hydrogen-bond donors (Lipinski definition) is 0. The maximum atomic E-state index is 12.5. The van der Waals surface area contributed by atoms with Gasteiger partial charge < -0.3 is 4.42 Å². The van der Waals surface area contributed by atoms with Gasteiger partial charge in [-0.25, -0.2) is 0 Å². The fourth-order valence-electron chi connectivity index (χ4n) is 2.43. The molecule has 0 aliphatic carbocycles. The Morgan fingerprint density at radius 1 is 1.22 bits per heavy atom. The summed E-state index contributed by atoms with van der Waals surface area (Å²) < 4.78 is 5.85. The molecule has 1 amide bonds. The highest BCUT2D eigenvalue weighted by molar-refractivity contribution is 8.18. The Labute approximate surface area is 168 Å². The van der Waals surface area contributed by atoms with Crippen LogP contribution in [-0.2, 0) is 4.79 Å². The first kappa shape index (κ1) is 18.0. The van der Waals surface area contributed by atoms with Gasteiger partial charge >= 0.3 is 0 Å². The fourth-order valence-corrected chi connectivity index (χ4v) is 4.22. The van der Waals surface area contributed by atoms with Gasteiger partial charge in [-0.1, -0.05) is 35.1 Å². The number of benzene rings is 1. The minimum atomic E-state index is -0.143. The third-order valence-corrected chi connectivity index (χ3v) is 5.87. The van der Waals surface area contributed by atoms with Crippen molar-refractivity contribution < 1.29 is 9.21 Å². The third kappa shape index (κ3) is 3.69. The summed E-state index contributed by atoms with van der Waals surface area (Å²) >= 11 is 8.86. The van der Waals surface area contributed by atoms with E-state index in [-0.39, 0.29) is 5.91 Å². The molecule has 3 aromatic rings. The maximum absolute atomic E-state index is 12.5. The summed E-state index contributed by atoms with van der Waals surface area (Å²) in [4.78, 5) is 18.9. The van der Waals surface area contributed by atoms with Crippen LogP contribution in [0.25, 0.3) is 17.4 Å². The number of halogens is 1. The van der Waals surface area contributed by atoms with Crippen molar-refractivity contribution in [2.45, 2.75) is 6.92 Å². The highest BCUT2D eigenvalue weighted by Gasteiger charge is 2.31. The molecule has 0 N–H and O–H groups in total. The molecule has 3 heterocycles. The van der Waals surface area contributed by atoms with Crippen molar-refractivity contribution in [2.75, 3.05) is 7.05 Å². The van der Waals surface area contributed by atoms with Gasteiger partial charge in [-0.15, -0.1) is 10.2 Å². The summed E-state index contributed by atoms with van der Waals surface area (Å²) in [7, 11) is 1.68. The molecular weight excluding hydrogens is 404 g/mol. The van der Waals surface area contributed by atoms with Crippen molar-refractivity contribution in [3.8, 4) is 11.3 Å². The van der Waals surface area contributed by atoms with E-state index in [0.29, 0.717) is 31.7 Å². The second-order valence-corrected chi connectivity index (χ2v) is 8.23. The van der Waals surface area contributed by atoms with E-state index in [9.17, 15) is 4.79 Å². The first-order valence-corrected chi connectivity index (χ1v) is 9.93. The van der Waals surface area contributed by atoms with Crippen molar-refractivity contribution in [1.82, 2.24) is 15.1 Å². The van der Waals surface area contributed by atoms with Crippen LogP contribution in [0.1, 0.15) is 10.8 Å². The number of furan rings is 1. The molecule has 27 heavy (non-hydrogen) atoms. The van der Waals surface area contributed by atoms with Gasteiger partial charge in [-0.05, 0) is 43.0 Å². The van der Waals surface area contributed by atoms with Crippen molar-refractivity contribution in [1.29, 1.82) is 0 Å². The number of thioether (sulfide) groups is 1. The molecule has 2 aromatic heterocycles. The molecule has 1 aromatic carbocycles. The monoisotopic (exact) mass is 416 g/mol. The number of aromatic nitrogens is 2. The van der Waals surface area contributed by atoms with Gasteiger partial charge in [-0.2, -0.15) is 4.99 Å². The zero-order valence-electron chi connectivity index (χ0n) is 14.3. The maximum Gasteiger partial charge on any atom is 0.266 e. The Hall–Kier alpha value is -2.42. The molecule has 6 nitrogen and oxygen atoms in total. The molecule has 0 radical (unpaired) electrons. The Balaban J connectivity index is 1.60. The van der Waals surface area contributed by atoms with E-state index >= 15 is 0 Å². The number of hydrogen-bond acceptors (Lipinski definition) is 7. The molecular formula is C18H13ClN4O2S2. The van der Waals surface area contributed by atoms with E-state index in [2.05, 4.69) is 15.2 Å². The summed E-state index contributed by atoms with van der Waals surface area (Å²) in [6.45, 7) is 1.86. The van der Waals surface area contributed by atoms with Crippen LogP contribution in [0.4, 0.5) is 5.13 Å². The fraction of sp³-hybridized carbons (Fsp3) is 0.111. The minimum Gasteiger partial charge on any atom is -0.457 e. The molecule has 1 aliphatic rings. The molecule has 1 fully saturated rings. The lowest BCUT2D eigenvalue weighted by Crippen LogP contribution is -2.23. The number of amidine groups is 1. The number of aryl methyl sites for hydroxylation is 1. The smallest absolute Gasteiger partial charge is 0.266 e. The topological polar surface area (TPSA) is 71.6 Å². The highest BCUT2D eigenvalue weighted by Crippen LogP contribution is 2.35. The molecule has 1 saturated heterocycles. The van der Waals surface area contributed by atoms with E-state index in [1.807, 2.05) is 37.3 Å². The normalized spacial score (nSPS) is 17.4. The number of carbonyl (C=O) groups is 1. The lowest BCUT2D eigenvalue weighted by atomic mass is 10.2. The summed E-state index contributed by atoms with van der Waals surface area (Å²) in [6, 6.07) is 11.1. The Morgan fingerprint density at radius 2 is 2.04 bits per heavy atom. The van der Waals surface area contributed by atoms with Gasteiger partial charge in [0, 0.05) is 18.7 Å². The minimum absolute atomic E-state index is 0.143. The van der Waals surface area contributed by atoms with Crippen molar-refractivity contribution in [2.24, 2.45) is 4.99 Å². The SMILES string of the molecule is Cc1nnc(/N=C2/S/C(=C/c3ccc(-c4ccccc4Cl)o3)C(=O)N2C)s1. The van der Waals surface area contributed by atoms with Gasteiger partial charge in [0.15, 0.2) is 5.17 Å². The van der Waals surface area contributed by atoms with E-state index in [4.69, 9.17) is 16.0 Å². The van der Waals surface area contributed by atoms with Crippen molar-refractivity contribution in [3.05, 3.63) is 57.1 Å². The average molecular weight is 417 g/mol. The highest BCUT2D eigenvalue weighted by atomic mass is 35.5. The van der Waals surface area contributed by atoms with Crippen LogP contribution < -0.4 is 0 Å². The van der Waals surface area contributed by atoms with Crippen LogP contribution in [0.3, 0.4) is 0 Å². The summed E-state index contributed by atoms with van der Waals surface area (Å²) in [5.41, 5.74) is 0.806. The van der Waals surface area contributed by atoms with Crippen LogP contribution in [0.2, 0.25) is 5.02 Å². The summed E-state index contributed by atoms with van der Waals surface area (Å²) in [5.74, 6) is 1.08. The van der Waals surface area contributed by atoms with E-state index < -0.39 is 0 Å². The first-order chi connectivity index (χ1) is 13.0. The van der Waals surface area contributed by atoms with E-state index in [0.717, 1.165) is 10.6 Å². The van der Waals surface area contributed by atoms with Crippen LogP contribution in [0.5, 0.6) is 0 Å². The second-order valence-electron chi connectivity index (χ2n) is 5.65. The van der Waals surface area contributed by atoms with Gasteiger partial charge in [0.25, 0.3) is 5.91 Å². The van der Waals surface area contributed by atoms with Crippen LogP contribution >= 0.6 is 34.7 Å². The molecule has 0 unspecified atom stereocenters. The third-order valence-electron chi connectivity index (χ3n) is 3.75. The number of aliphatic imine (C=N–C) groups is 1. The number of carbonyl (C=O) groups excluding carboxylic acids is 1. The predicted molar refractivity (Wildman–Crippen MR) is 109 cm³/mol. The Kier molecular flexibility index (Phi) is 4.86. The molecule has 4 rings (SSSR count). The van der Waals surface area contributed by atoms with Crippen LogP contribution in [0.15, 0.2) is 50.7 Å². The number of amides is 1. The van der Waals surface area contributed by atoms with E-state index in [1.54, 1.807) is 19.2 Å². The number of rotatable bonds is 3. The Bertz CT molecular complexity index is 1090. The quantitative estimate of drug-likeness (QED) is 0.562. The summed E-state index contributed by atoms with van der Waals surface area (Å²) in [5, 5.41) is 10.4. The molecule has 0 atom stereocenters. The van der Waals surface area contributed by atoms with Crippen molar-refractivity contribution in [3.63, 3.8) is 0 Å². The molecule has 0 spiro atoms. The van der Waals surface area contributed by atoms with Gasteiger partial charge in [0.1, 0.15) is 16.5 Å². The zero-order valence-corrected chi connectivity index (χ0v) is 16.7. The lowest BCUT2D eigenvalue weighted by Gasteiger charge is -2.05. The predicted octanol–water partition coefficient (Wildman–Crippen LogP) is 4.99. The lowest BCUT2D eigenvalue weighted by molar-refractivity contribution is -0.121. The number of nitrogens with zero attached hydrogens (tertiary/aromatic N) is 4. The molecule has 0 saturated carbocycles. The molecule has 136 valence electrons. The zero-order chi connectivity index (χ0) is 19.0. The number of likely N-dealkylation sites (N-methyl/N-ethyl adjacent to an activating group) is 1. The molecule has 0 bridgehead atoms. The first-order valence-electron chi connectivity index (χ1n) is 7.92.